The summed E-state index contributed by atoms with van der Waals surface area (Å²) >= 11 is 1.82. The molecule has 160 valence electrons. The average molecular weight is 425 g/mol. The van der Waals surface area contributed by atoms with Crippen LogP contribution in [0.2, 0.25) is 0 Å². The highest BCUT2D eigenvalue weighted by Crippen LogP contribution is 2.41. The van der Waals surface area contributed by atoms with Gasteiger partial charge < -0.3 is 10.1 Å². The number of carboxylic acids is 1. The van der Waals surface area contributed by atoms with Gasteiger partial charge in [-0.3, -0.25) is 9.78 Å². The van der Waals surface area contributed by atoms with Crippen molar-refractivity contribution >= 4 is 28.6 Å². The molecule has 0 aliphatic carbocycles. The Labute approximate surface area is 183 Å². The molecule has 5 heteroatoms. The standard InChI is InChI=1S/C25H32N2O2S/c1-15(2)18-7-8-20-22(19(18)13-17-9-11-26-12-10-17)23(30-16(3)4)21(27-20)14-25(5,6)24(28)29/h7-12,15-16,27H,13-14H2,1-6H3,(H,28,29). The number of aromatic amines is 1. The van der Waals surface area contributed by atoms with Crippen molar-refractivity contribution in [3.05, 3.63) is 59.0 Å². The minimum absolute atomic E-state index is 0.396. The first-order chi connectivity index (χ1) is 14.1. The van der Waals surface area contributed by atoms with Crippen molar-refractivity contribution in [2.24, 2.45) is 5.41 Å². The number of aromatic nitrogens is 2. The molecule has 0 aliphatic heterocycles. The number of carboxylic acid groups (broad SMARTS) is 1. The monoisotopic (exact) mass is 424 g/mol. The summed E-state index contributed by atoms with van der Waals surface area (Å²) in [6, 6.07) is 8.51. The third kappa shape index (κ3) is 4.72. The first-order valence-corrected chi connectivity index (χ1v) is 11.4. The zero-order chi connectivity index (χ0) is 22.1. The Hall–Kier alpha value is -2.27. The molecule has 30 heavy (non-hydrogen) atoms. The minimum Gasteiger partial charge on any atom is -0.481 e. The van der Waals surface area contributed by atoms with Crippen LogP contribution in [0.5, 0.6) is 0 Å². The van der Waals surface area contributed by atoms with Gasteiger partial charge in [-0.05, 0) is 61.1 Å². The Bertz CT molecular complexity index is 1040. The number of H-pyrrole nitrogens is 1. The minimum atomic E-state index is -0.834. The largest absolute Gasteiger partial charge is 0.481 e. The summed E-state index contributed by atoms with van der Waals surface area (Å²) in [5.41, 5.74) is 5.17. The topological polar surface area (TPSA) is 66.0 Å². The van der Waals surface area contributed by atoms with E-state index in [0.29, 0.717) is 17.6 Å². The van der Waals surface area contributed by atoms with Crippen LogP contribution < -0.4 is 0 Å². The normalized spacial score (nSPS) is 12.3. The Balaban J connectivity index is 2.25. The highest BCUT2D eigenvalue weighted by Gasteiger charge is 2.31. The molecule has 2 N–H and O–H groups in total. The fourth-order valence-corrected chi connectivity index (χ4v) is 4.93. The summed E-state index contributed by atoms with van der Waals surface area (Å²) in [4.78, 5) is 20.7. The number of fused-ring (bicyclic) bond motifs is 1. The van der Waals surface area contributed by atoms with E-state index in [9.17, 15) is 9.90 Å². The van der Waals surface area contributed by atoms with Crippen LogP contribution in [-0.2, 0) is 17.6 Å². The van der Waals surface area contributed by atoms with E-state index in [1.54, 1.807) is 13.8 Å². The summed E-state index contributed by atoms with van der Waals surface area (Å²) < 4.78 is 0. The Kier molecular flexibility index (Phi) is 6.61. The molecule has 0 amide bonds. The molecule has 2 heterocycles. The molecule has 3 rings (SSSR count). The Morgan fingerprint density at radius 3 is 2.37 bits per heavy atom. The van der Waals surface area contributed by atoms with Gasteiger partial charge in [-0.15, -0.1) is 11.8 Å². The Morgan fingerprint density at radius 1 is 1.13 bits per heavy atom. The van der Waals surface area contributed by atoms with Gasteiger partial charge in [0, 0.05) is 45.6 Å². The molecular formula is C25H32N2O2S. The maximum Gasteiger partial charge on any atom is 0.309 e. The van der Waals surface area contributed by atoms with Crippen molar-refractivity contribution in [1.29, 1.82) is 0 Å². The molecule has 0 unspecified atom stereocenters. The van der Waals surface area contributed by atoms with E-state index < -0.39 is 11.4 Å². The number of benzene rings is 1. The average Bonchev–Trinajstić information content (AvgIpc) is 2.98. The number of carbonyl (C=O) groups is 1. The molecule has 2 aromatic heterocycles. The number of hydrogen-bond acceptors (Lipinski definition) is 3. The third-order valence-electron chi connectivity index (χ3n) is 5.44. The van der Waals surface area contributed by atoms with Gasteiger partial charge in [0.2, 0.25) is 0 Å². The maximum absolute atomic E-state index is 11.8. The van der Waals surface area contributed by atoms with Crippen LogP contribution in [0.3, 0.4) is 0 Å². The molecule has 1 aromatic carbocycles. The summed E-state index contributed by atoms with van der Waals surface area (Å²) in [6.45, 7) is 12.4. The smallest absolute Gasteiger partial charge is 0.309 e. The fourth-order valence-electron chi connectivity index (χ4n) is 3.84. The number of nitrogens with zero attached hydrogens (tertiary/aromatic N) is 1. The van der Waals surface area contributed by atoms with Gasteiger partial charge in [-0.2, -0.15) is 0 Å². The molecule has 0 atom stereocenters. The molecule has 0 radical (unpaired) electrons. The first kappa shape index (κ1) is 22.4. The number of thioether (sulfide) groups is 1. The molecule has 0 spiro atoms. The second kappa shape index (κ2) is 8.84. The number of pyridine rings is 1. The number of rotatable bonds is 8. The number of nitrogens with one attached hydrogen (secondary N) is 1. The Morgan fingerprint density at radius 2 is 1.80 bits per heavy atom. The SMILES string of the molecule is CC(C)Sc1c(CC(C)(C)C(=O)O)[nH]c2ccc(C(C)C)c(Cc3ccncc3)c12. The number of aliphatic carboxylic acids is 1. The molecule has 0 saturated heterocycles. The maximum atomic E-state index is 11.8. The zero-order valence-electron chi connectivity index (χ0n) is 18.7. The molecule has 4 nitrogen and oxygen atoms in total. The summed E-state index contributed by atoms with van der Waals surface area (Å²) in [5, 5.41) is 11.3. The van der Waals surface area contributed by atoms with Gasteiger partial charge in [-0.25, -0.2) is 0 Å². The van der Waals surface area contributed by atoms with Gasteiger partial charge in [0.1, 0.15) is 0 Å². The van der Waals surface area contributed by atoms with E-state index in [1.165, 1.54) is 27.0 Å². The van der Waals surface area contributed by atoms with E-state index in [2.05, 4.69) is 61.9 Å². The van der Waals surface area contributed by atoms with Gasteiger partial charge in [0.05, 0.1) is 5.41 Å². The van der Waals surface area contributed by atoms with E-state index in [1.807, 2.05) is 24.2 Å². The van der Waals surface area contributed by atoms with Crippen LogP contribution in [0.25, 0.3) is 10.9 Å². The molecule has 0 bridgehead atoms. The zero-order valence-corrected chi connectivity index (χ0v) is 19.6. The van der Waals surface area contributed by atoms with E-state index >= 15 is 0 Å². The predicted octanol–water partition coefficient (Wildman–Crippen LogP) is 6.43. The summed E-state index contributed by atoms with van der Waals surface area (Å²) in [7, 11) is 0. The van der Waals surface area contributed by atoms with Crippen LogP contribution in [0, 0.1) is 5.41 Å². The molecule has 3 aromatic rings. The van der Waals surface area contributed by atoms with E-state index in [-0.39, 0.29) is 0 Å². The highest BCUT2D eigenvalue weighted by molar-refractivity contribution is 8.00. The van der Waals surface area contributed by atoms with E-state index in [4.69, 9.17) is 0 Å². The lowest BCUT2D eigenvalue weighted by atomic mass is 9.87. The van der Waals surface area contributed by atoms with Crippen LogP contribution in [-0.4, -0.2) is 26.3 Å². The molecule has 0 fully saturated rings. The van der Waals surface area contributed by atoms with Crippen molar-refractivity contribution in [3.63, 3.8) is 0 Å². The summed E-state index contributed by atoms with van der Waals surface area (Å²) in [6.07, 6.45) is 4.98. The first-order valence-electron chi connectivity index (χ1n) is 10.6. The quantitative estimate of drug-likeness (QED) is 0.409. The van der Waals surface area contributed by atoms with Gasteiger partial charge in [-0.1, -0.05) is 33.8 Å². The van der Waals surface area contributed by atoms with Crippen molar-refractivity contribution < 1.29 is 9.90 Å². The van der Waals surface area contributed by atoms with E-state index in [0.717, 1.165) is 17.6 Å². The fraction of sp³-hybridized carbons (Fsp3) is 0.440. The van der Waals surface area contributed by atoms with Crippen molar-refractivity contribution in [2.45, 2.75) is 70.4 Å². The van der Waals surface area contributed by atoms with Crippen LogP contribution >= 0.6 is 11.8 Å². The van der Waals surface area contributed by atoms with Crippen LogP contribution in [0.15, 0.2) is 41.6 Å². The van der Waals surface area contributed by atoms with Gasteiger partial charge in [0.25, 0.3) is 0 Å². The van der Waals surface area contributed by atoms with Crippen LogP contribution in [0.4, 0.5) is 0 Å². The predicted molar refractivity (Wildman–Crippen MR) is 126 cm³/mol. The van der Waals surface area contributed by atoms with Crippen LogP contribution in [0.1, 0.15) is 69.8 Å². The van der Waals surface area contributed by atoms with Crippen molar-refractivity contribution in [2.75, 3.05) is 0 Å². The second-order valence-corrected chi connectivity index (χ2v) is 10.8. The summed E-state index contributed by atoms with van der Waals surface area (Å²) in [5.74, 6) is -0.376. The highest BCUT2D eigenvalue weighted by atomic mass is 32.2. The van der Waals surface area contributed by atoms with Crippen molar-refractivity contribution in [3.8, 4) is 0 Å². The van der Waals surface area contributed by atoms with Gasteiger partial charge >= 0.3 is 5.97 Å². The molecule has 0 aliphatic rings. The second-order valence-electron chi connectivity index (χ2n) is 9.21. The van der Waals surface area contributed by atoms with Gasteiger partial charge in [0.15, 0.2) is 0 Å². The lowest BCUT2D eigenvalue weighted by Gasteiger charge is -2.20. The lowest BCUT2D eigenvalue weighted by Crippen LogP contribution is -2.26. The molecule has 0 saturated carbocycles. The third-order valence-corrected chi connectivity index (χ3v) is 6.60. The number of hydrogen-bond donors (Lipinski definition) is 2. The lowest BCUT2D eigenvalue weighted by molar-refractivity contribution is -0.146. The molecular weight excluding hydrogens is 392 g/mol. The van der Waals surface area contributed by atoms with Crippen molar-refractivity contribution in [1.82, 2.24) is 9.97 Å².